The lowest BCUT2D eigenvalue weighted by Gasteiger charge is -2.16. The zero-order chi connectivity index (χ0) is 13.8. The van der Waals surface area contributed by atoms with E-state index in [9.17, 15) is 0 Å². The van der Waals surface area contributed by atoms with Gasteiger partial charge in [0.2, 0.25) is 0 Å². The van der Waals surface area contributed by atoms with Gasteiger partial charge in [-0.05, 0) is 35.0 Å². The third kappa shape index (κ3) is 3.75. The van der Waals surface area contributed by atoms with Gasteiger partial charge in [-0.25, -0.2) is 9.97 Å². The number of hydrogen-bond acceptors (Lipinski definition) is 5. The molecule has 19 heavy (non-hydrogen) atoms. The van der Waals surface area contributed by atoms with Crippen molar-refractivity contribution in [3.8, 4) is 0 Å². The molecule has 0 saturated heterocycles. The minimum absolute atomic E-state index is 0.0508. The van der Waals surface area contributed by atoms with Crippen LogP contribution in [0.3, 0.4) is 0 Å². The van der Waals surface area contributed by atoms with Gasteiger partial charge < -0.3 is 9.64 Å². The van der Waals surface area contributed by atoms with E-state index < -0.39 is 0 Å². The van der Waals surface area contributed by atoms with Crippen molar-refractivity contribution in [2.24, 2.45) is 0 Å². The third-order valence-corrected chi connectivity index (χ3v) is 4.30. The molecule has 0 radical (unpaired) electrons. The van der Waals surface area contributed by atoms with Crippen LogP contribution in [0.1, 0.15) is 23.7 Å². The molecule has 0 aliphatic rings. The van der Waals surface area contributed by atoms with Crippen molar-refractivity contribution < 1.29 is 4.74 Å². The number of nitrogens with zero attached hydrogens (tertiary/aromatic N) is 3. The summed E-state index contributed by atoms with van der Waals surface area (Å²) in [5.41, 5.74) is 1.04. The Hall–Kier alpha value is -0.980. The van der Waals surface area contributed by atoms with Gasteiger partial charge in [-0.1, -0.05) is 0 Å². The normalized spacial score (nSPS) is 12.4. The molecule has 0 amide bonds. The number of anilines is 1. The van der Waals surface area contributed by atoms with Crippen molar-refractivity contribution in [3.05, 3.63) is 38.9 Å². The van der Waals surface area contributed by atoms with E-state index in [4.69, 9.17) is 4.74 Å². The van der Waals surface area contributed by atoms with E-state index in [1.807, 2.05) is 26.1 Å². The van der Waals surface area contributed by atoms with Gasteiger partial charge in [-0.15, -0.1) is 11.3 Å². The van der Waals surface area contributed by atoms with Crippen molar-refractivity contribution in [1.29, 1.82) is 0 Å². The Labute approximate surface area is 125 Å². The largest absolute Gasteiger partial charge is 0.375 e. The summed E-state index contributed by atoms with van der Waals surface area (Å²) >= 11 is 5.01. The van der Waals surface area contributed by atoms with Gasteiger partial charge in [0.1, 0.15) is 16.9 Å². The highest BCUT2D eigenvalue weighted by Crippen LogP contribution is 2.22. The number of aromatic nitrogens is 2. The van der Waals surface area contributed by atoms with Crippen LogP contribution in [0.25, 0.3) is 0 Å². The highest BCUT2D eigenvalue weighted by Gasteiger charge is 2.11. The van der Waals surface area contributed by atoms with Gasteiger partial charge >= 0.3 is 0 Å². The molecule has 102 valence electrons. The Bertz CT molecular complexity index is 529. The molecule has 2 aromatic heterocycles. The van der Waals surface area contributed by atoms with Gasteiger partial charge in [-0.3, -0.25) is 0 Å². The van der Waals surface area contributed by atoms with Crippen LogP contribution in [0, 0.1) is 0 Å². The zero-order valence-electron chi connectivity index (χ0n) is 11.1. The van der Waals surface area contributed by atoms with Crippen LogP contribution in [0.2, 0.25) is 0 Å². The first-order valence-corrected chi connectivity index (χ1v) is 7.57. The fraction of sp³-hybridized carbons (Fsp3) is 0.385. The summed E-state index contributed by atoms with van der Waals surface area (Å²) in [6.07, 6.45) is 1.85. The molecule has 2 aromatic rings. The first kappa shape index (κ1) is 14.4. The Morgan fingerprint density at radius 2 is 2.26 bits per heavy atom. The number of hydrogen-bond donors (Lipinski definition) is 0. The molecule has 1 atom stereocenters. The van der Waals surface area contributed by atoms with E-state index in [-0.39, 0.29) is 6.10 Å². The van der Waals surface area contributed by atoms with Crippen molar-refractivity contribution in [2.45, 2.75) is 19.6 Å². The van der Waals surface area contributed by atoms with Crippen molar-refractivity contribution in [3.63, 3.8) is 0 Å². The van der Waals surface area contributed by atoms with Gasteiger partial charge in [-0.2, -0.15) is 0 Å². The molecule has 2 heterocycles. The van der Waals surface area contributed by atoms with E-state index in [1.54, 1.807) is 24.6 Å². The maximum Gasteiger partial charge on any atom is 0.128 e. The molecule has 0 saturated carbocycles. The number of pyridine rings is 1. The Morgan fingerprint density at radius 3 is 2.89 bits per heavy atom. The lowest BCUT2D eigenvalue weighted by Crippen LogP contribution is -2.17. The molecule has 0 bridgehead atoms. The topological polar surface area (TPSA) is 38.2 Å². The second-order valence-electron chi connectivity index (χ2n) is 4.25. The van der Waals surface area contributed by atoms with E-state index in [2.05, 4.69) is 36.2 Å². The summed E-state index contributed by atoms with van der Waals surface area (Å²) in [5.74, 6) is 0.928. The number of rotatable bonds is 5. The molecule has 0 N–H and O–H groups in total. The van der Waals surface area contributed by atoms with E-state index in [0.717, 1.165) is 27.5 Å². The molecular formula is C13H16BrN3OS. The molecule has 4 nitrogen and oxygen atoms in total. The summed E-state index contributed by atoms with van der Waals surface area (Å²) in [7, 11) is 3.71. The van der Waals surface area contributed by atoms with Crippen LogP contribution in [0.5, 0.6) is 0 Å². The fourth-order valence-electron chi connectivity index (χ4n) is 1.60. The summed E-state index contributed by atoms with van der Waals surface area (Å²) in [6, 6.07) is 3.97. The van der Waals surface area contributed by atoms with Crippen molar-refractivity contribution in [2.75, 3.05) is 19.1 Å². The lowest BCUT2D eigenvalue weighted by atomic mass is 10.4. The fourth-order valence-corrected chi connectivity index (χ4v) is 2.68. The van der Waals surface area contributed by atoms with Crippen LogP contribution >= 0.6 is 27.3 Å². The summed E-state index contributed by atoms with van der Waals surface area (Å²) in [5, 5.41) is 3.08. The second kappa shape index (κ2) is 6.45. The summed E-state index contributed by atoms with van der Waals surface area (Å²) in [6.45, 7) is 2.74. The predicted molar refractivity (Wildman–Crippen MR) is 81.6 cm³/mol. The Balaban J connectivity index is 2.04. The molecule has 0 aliphatic carbocycles. The van der Waals surface area contributed by atoms with Crippen LogP contribution in [-0.2, 0) is 11.3 Å². The Morgan fingerprint density at radius 1 is 1.47 bits per heavy atom. The minimum Gasteiger partial charge on any atom is -0.375 e. The molecule has 0 fully saturated rings. The quantitative estimate of drug-likeness (QED) is 0.831. The van der Waals surface area contributed by atoms with Gasteiger partial charge in [0.15, 0.2) is 0 Å². The van der Waals surface area contributed by atoms with E-state index in [0.29, 0.717) is 0 Å². The molecule has 0 spiro atoms. The molecule has 2 rings (SSSR count). The van der Waals surface area contributed by atoms with Gasteiger partial charge in [0.25, 0.3) is 0 Å². The predicted octanol–water partition coefficient (Wildman–Crippen LogP) is 3.64. The average Bonchev–Trinajstić information content (AvgIpc) is 2.87. The highest BCUT2D eigenvalue weighted by molar-refractivity contribution is 9.10. The standard InChI is InChI=1S/C13H16BrN3OS/c1-9(18-3)13-16-11(8-19-13)7-17(2)12-5-4-10(14)6-15-12/h4-6,8-9H,7H2,1-3H3. The molecule has 0 aromatic carbocycles. The van der Waals surface area contributed by atoms with Crippen LogP contribution < -0.4 is 4.90 Å². The molecule has 6 heteroatoms. The first-order valence-electron chi connectivity index (χ1n) is 5.90. The Kier molecular flexibility index (Phi) is 4.90. The monoisotopic (exact) mass is 341 g/mol. The number of methoxy groups -OCH3 is 1. The highest BCUT2D eigenvalue weighted by atomic mass is 79.9. The van der Waals surface area contributed by atoms with Crippen molar-refractivity contribution in [1.82, 2.24) is 9.97 Å². The smallest absolute Gasteiger partial charge is 0.128 e. The summed E-state index contributed by atoms with van der Waals surface area (Å²) in [4.78, 5) is 11.0. The van der Waals surface area contributed by atoms with Crippen LogP contribution in [0.4, 0.5) is 5.82 Å². The molecule has 1 unspecified atom stereocenters. The van der Waals surface area contributed by atoms with Crippen LogP contribution in [0.15, 0.2) is 28.2 Å². The molecular weight excluding hydrogens is 326 g/mol. The van der Waals surface area contributed by atoms with E-state index >= 15 is 0 Å². The maximum atomic E-state index is 5.27. The lowest BCUT2D eigenvalue weighted by molar-refractivity contribution is 0.119. The van der Waals surface area contributed by atoms with E-state index in [1.165, 1.54) is 0 Å². The number of ether oxygens (including phenoxy) is 1. The van der Waals surface area contributed by atoms with Crippen LogP contribution in [-0.4, -0.2) is 24.1 Å². The minimum atomic E-state index is 0.0508. The van der Waals surface area contributed by atoms with Gasteiger partial charge in [0, 0.05) is 30.2 Å². The third-order valence-electron chi connectivity index (χ3n) is 2.77. The summed E-state index contributed by atoms with van der Waals surface area (Å²) < 4.78 is 6.25. The average molecular weight is 342 g/mol. The maximum absolute atomic E-state index is 5.27. The number of halogens is 1. The zero-order valence-corrected chi connectivity index (χ0v) is 13.5. The first-order chi connectivity index (χ1) is 9.10. The molecule has 0 aliphatic heterocycles. The SMILES string of the molecule is COC(C)c1nc(CN(C)c2ccc(Br)cn2)cs1. The van der Waals surface area contributed by atoms with Gasteiger partial charge in [0.05, 0.1) is 12.2 Å². The number of thiazole rings is 1. The second-order valence-corrected chi connectivity index (χ2v) is 6.05. The van der Waals surface area contributed by atoms with Crippen molar-refractivity contribution >= 4 is 33.1 Å².